The van der Waals surface area contributed by atoms with E-state index in [0.29, 0.717) is 35.9 Å². The third kappa shape index (κ3) is 4.01. The summed E-state index contributed by atoms with van der Waals surface area (Å²) in [5, 5.41) is 0.240. The molecule has 0 saturated carbocycles. The van der Waals surface area contributed by atoms with Crippen molar-refractivity contribution in [1.29, 1.82) is 0 Å². The van der Waals surface area contributed by atoms with Gasteiger partial charge in [0.2, 0.25) is 5.88 Å². The molecular weight excluding hydrogens is 440 g/mol. The molecule has 0 fully saturated rings. The molecule has 0 bridgehead atoms. The van der Waals surface area contributed by atoms with Crippen LogP contribution in [0.3, 0.4) is 0 Å². The Morgan fingerprint density at radius 3 is 2.50 bits per heavy atom. The van der Waals surface area contributed by atoms with Gasteiger partial charge in [0, 0.05) is 25.4 Å². The number of carbonyl (C=O) groups is 1. The normalized spacial score (nSPS) is 15.1. The van der Waals surface area contributed by atoms with Gasteiger partial charge >= 0.3 is 5.97 Å². The van der Waals surface area contributed by atoms with E-state index in [-0.39, 0.29) is 33.4 Å². The zero-order valence-electron chi connectivity index (χ0n) is 18.5. The molecule has 0 unspecified atom stereocenters. The van der Waals surface area contributed by atoms with Crippen LogP contribution in [0.4, 0.5) is 0 Å². The number of benzene rings is 1. The predicted molar refractivity (Wildman–Crippen MR) is 118 cm³/mol. The Hall–Kier alpha value is -3.17. The van der Waals surface area contributed by atoms with E-state index >= 15 is 0 Å². The molecule has 9 nitrogen and oxygen atoms in total. The fourth-order valence-electron chi connectivity index (χ4n) is 3.79. The van der Waals surface area contributed by atoms with E-state index in [2.05, 4.69) is 0 Å². The van der Waals surface area contributed by atoms with Crippen LogP contribution in [-0.4, -0.2) is 45.6 Å². The molecule has 32 heavy (non-hydrogen) atoms. The van der Waals surface area contributed by atoms with Crippen molar-refractivity contribution in [2.45, 2.75) is 19.4 Å². The molecule has 0 amide bonds. The lowest BCUT2D eigenvalue weighted by molar-refractivity contribution is -0.136. The molecule has 0 radical (unpaired) electrons. The Kier molecular flexibility index (Phi) is 7.00. The van der Waals surface area contributed by atoms with Gasteiger partial charge in [0.15, 0.2) is 11.5 Å². The van der Waals surface area contributed by atoms with Gasteiger partial charge in [-0.25, -0.2) is 4.79 Å². The SMILES string of the molecule is COCCn1c(C)cc2c(c1=O)[C@H](c1cc(Cl)c(OC)c(OC)c1)C(C(=O)OC)=C(N)O2. The molecule has 0 aliphatic carbocycles. The van der Waals surface area contributed by atoms with Crippen molar-refractivity contribution in [1.82, 2.24) is 4.57 Å². The van der Waals surface area contributed by atoms with Crippen molar-refractivity contribution >= 4 is 17.6 Å². The second-order valence-corrected chi connectivity index (χ2v) is 7.46. The molecule has 1 atom stereocenters. The molecular formula is C22H25ClN2O7. The van der Waals surface area contributed by atoms with Gasteiger partial charge in [-0.2, -0.15) is 0 Å². The number of pyridine rings is 1. The van der Waals surface area contributed by atoms with Crippen molar-refractivity contribution in [2.75, 3.05) is 35.0 Å². The molecule has 2 aromatic rings. The van der Waals surface area contributed by atoms with E-state index in [0.717, 1.165) is 0 Å². The summed E-state index contributed by atoms with van der Waals surface area (Å²) >= 11 is 6.42. The van der Waals surface area contributed by atoms with Crippen molar-refractivity contribution < 1.29 is 28.5 Å². The van der Waals surface area contributed by atoms with Crippen molar-refractivity contribution in [3.05, 3.63) is 61.9 Å². The fraction of sp³-hybridized carbons (Fsp3) is 0.364. The van der Waals surface area contributed by atoms with Crippen LogP contribution in [0.2, 0.25) is 5.02 Å². The van der Waals surface area contributed by atoms with E-state index < -0.39 is 11.9 Å². The van der Waals surface area contributed by atoms with Crippen molar-refractivity contribution in [3.63, 3.8) is 0 Å². The highest BCUT2D eigenvalue weighted by molar-refractivity contribution is 6.32. The Morgan fingerprint density at radius 2 is 1.91 bits per heavy atom. The average molecular weight is 465 g/mol. The summed E-state index contributed by atoms with van der Waals surface area (Å²) in [6.07, 6.45) is 0. The summed E-state index contributed by atoms with van der Waals surface area (Å²) in [5.74, 6) is -0.894. The minimum absolute atomic E-state index is 0.0115. The average Bonchev–Trinajstić information content (AvgIpc) is 2.76. The van der Waals surface area contributed by atoms with Crippen molar-refractivity contribution in [3.8, 4) is 17.2 Å². The first-order valence-electron chi connectivity index (χ1n) is 9.69. The quantitative estimate of drug-likeness (QED) is 0.621. The number of rotatable bonds is 7. The lowest BCUT2D eigenvalue weighted by atomic mass is 9.83. The first kappa shape index (κ1) is 23.5. The number of hydrogen-bond acceptors (Lipinski definition) is 8. The monoisotopic (exact) mass is 464 g/mol. The second kappa shape index (κ2) is 9.54. The third-order valence-corrected chi connectivity index (χ3v) is 5.56. The molecule has 2 heterocycles. The van der Waals surface area contributed by atoms with Gasteiger partial charge in [-0.3, -0.25) is 4.79 Å². The highest BCUT2D eigenvalue weighted by Crippen LogP contribution is 2.45. The molecule has 10 heteroatoms. The topological polar surface area (TPSA) is 111 Å². The highest BCUT2D eigenvalue weighted by atomic mass is 35.5. The molecule has 172 valence electrons. The molecule has 1 aliphatic heterocycles. The number of methoxy groups -OCH3 is 4. The summed E-state index contributed by atoms with van der Waals surface area (Å²) < 4.78 is 28.0. The van der Waals surface area contributed by atoms with Gasteiger partial charge in [0.05, 0.1) is 44.4 Å². The minimum atomic E-state index is -0.912. The first-order chi connectivity index (χ1) is 15.3. The zero-order chi connectivity index (χ0) is 23.6. The number of aromatic nitrogens is 1. The number of carbonyl (C=O) groups excluding carboxylic acids is 1. The molecule has 2 N–H and O–H groups in total. The lowest BCUT2D eigenvalue weighted by Gasteiger charge is -2.29. The van der Waals surface area contributed by atoms with Crippen LogP contribution in [0, 0.1) is 6.92 Å². The lowest BCUT2D eigenvalue weighted by Crippen LogP contribution is -2.35. The number of hydrogen-bond donors (Lipinski definition) is 1. The standard InChI is InChI=1S/C22H25ClN2O7/c1-11-8-14-17(21(26)25(11)6-7-28-2)16(18(20(24)32-14)22(27)31-5)12-9-13(23)19(30-4)15(10-12)29-3/h8-10,16H,6-7,24H2,1-5H3/t16-/m0/s1. The summed E-state index contributed by atoms with van der Waals surface area (Å²) in [5.41, 5.74) is 7.13. The molecule has 0 spiro atoms. The predicted octanol–water partition coefficient (Wildman–Crippen LogP) is 2.34. The Balaban J connectivity index is 2.35. The number of ether oxygens (including phenoxy) is 5. The molecule has 3 rings (SSSR count). The van der Waals surface area contributed by atoms with E-state index in [1.165, 1.54) is 21.3 Å². The van der Waals surface area contributed by atoms with Crippen LogP contribution in [0.1, 0.15) is 22.7 Å². The maximum absolute atomic E-state index is 13.6. The van der Waals surface area contributed by atoms with Gasteiger partial charge in [-0.15, -0.1) is 0 Å². The highest BCUT2D eigenvalue weighted by Gasteiger charge is 2.39. The number of nitrogens with two attached hydrogens (primary N) is 1. The van der Waals surface area contributed by atoms with Gasteiger partial charge in [-0.1, -0.05) is 11.6 Å². The maximum atomic E-state index is 13.6. The van der Waals surface area contributed by atoms with Gasteiger partial charge in [0.1, 0.15) is 11.3 Å². The maximum Gasteiger partial charge on any atom is 0.340 e. The smallest absolute Gasteiger partial charge is 0.340 e. The number of aryl methyl sites for hydroxylation is 1. The Labute approximate surface area is 190 Å². The van der Waals surface area contributed by atoms with Gasteiger partial charge in [-0.05, 0) is 24.6 Å². The summed E-state index contributed by atoms with van der Waals surface area (Å²) in [7, 11) is 5.70. The number of nitrogens with zero attached hydrogens (tertiary/aromatic N) is 1. The van der Waals surface area contributed by atoms with E-state index in [1.54, 1.807) is 36.8 Å². The van der Waals surface area contributed by atoms with Gasteiger partial charge in [0.25, 0.3) is 5.56 Å². The van der Waals surface area contributed by atoms with Crippen LogP contribution < -0.4 is 25.5 Å². The van der Waals surface area contributed by atoms with Crippen LogP contribution in [0.15, 0.2) is 34.4 Å². The van der Waals surface area contributed by atoms with E-state index in [9.17, 15) is 9.59 Å². The van der Waals surface area contributed by atoms with E-state index in [4.69, 9.17) is 41.0 Å². The number of esters is 1. The summed E-state index contributed by atoms with van der Waals surface area (Å²) in [6, 6.07) is 4.93. The van der Waals surface area contributed by atoms with Crippen LogP contribution in [0.5, 0.6) is 17.2 Å². The summed E-state index contributed by atoms with van der Waals surface area (Å²) in [6.45, 7) is 2.43. The van der Waals surface area contributed by atoms with Crippen LogP contribution in [-0.2, 0) is 20.8 Å². The molecule has 1 aromatic heterocycles. The largest absolute Gasteiger partial charge is 0.493 e. The van der Waals surface area contributed by atoms with E-state index in [1.807, 2.05) is 0 Å². The number of fused-ring (bicyclic) bond motifs is 1. The zero-order valence-corrected chi connectivity index (χ0v) is 19.2. The molecule has 0 saturated heterocycles. The first-order valence-corrected chi connectivity index (χ1v) is 10.1. The number of halogens is 1. The van der Waals surface area contributed by atoms with Crippen LogP contribution in [0.25, 0.3) is 0 Å². The Morgan fingerprint density at radius 1 is 1.19 bits per heavy atom. The minimum Gasteiger partial charge on any atom is -0.493 e. The third-order valence-electron chi connectivity index (χ3n) is 5.28. The fourth-order valence-corrected chi connectivity index (χ4v) is 4.09. The van der Waals surface area contributed by atoms with Crippen molar-refractivity contribution in [2.24, 2.45) is 5.73 Å². The molecule has 1 aromatic carbocycles. The molecule has 1 aliphatic rings. The summed E-state index contributed by atoms with van der Waals surface area (Å²) in [4.78, 5) is 26.3. The van der Waals surface area contributed by atoms with Gasteiger partial charge < -0.3 is 34.0 Å². The van der Waals surface area contributed by atoms with Crippen LogP contribution >= 0.6 is 11.6 Å². The Bertz CT molecular complexity index is 1140. The second-order valence-electron chi connectivity index (χ2n) is 7.06.